The largest absolute Gasteiger partial charge is 0.399 e. The number of Topliss-reactive ketones (excluding diaryl/α,β-unsaturated/α-hetero) is 1. The first-order valence-corrected chi connectivity index (χ1v) is 7.10. The number of nitrogen functional groups attached to an aromatic ring is 1. The number of hydrogen-bond donors (Lipinski definition) is 1. The summed E-state index contributed by atoms with van der Waals surface area (Å²) in [5.74, 6) is 1.17. The highest BCUT2D eigenvalue weighted by molar-refractivity contribution is 5.79. The smallest absolute Gasteiger partial charge is 0.133 e. The molecule has 2 rings (SSSR count). The van der Waals surface area contributed by atoms with Crippen LogP contribution in [0, 0.1) is 5.92 Å². The van der Waals surface area contributed by atoms with Crippen LogP contribution in [0.3, 0.4) is 0 Å². The van der Waals surface area contributed by atoms with Crippen LogP contribution in [0.15, 0.2) is 24.3 Å². The van der Waals surface area contributed by atoms with Gasteiger partial charge in [0.1, 0.15) is 5.78 Å². The van der Waals surface area contributed by atoms with Gasteiger partial charge in [-0.2, -0.15) is 0 Å². The SMILES string of the molecule is CC(CC(=O)CC1CCOCC1)c1ccc(N)cc1. The van der Waals surface area contributed by atoms with Crippen molar-refractivity contribution in [1.29, 1.82) is 0 Å². The fourth-order valence-corrected chi connectivity index (χ4v) is 2.64. The highest BCUT2D eigenvalue weighted by Crippen LogP contribution is 2.24. The molecule has 0 aliphatic carbocycles. The monoisotopic (exact) mass is 261 g/mol. The normalized spacial score (nSPS) is 18.2. The van der Waals surface area contributed by atoms with Crippen LogP contribution in [0.4, 0.5) is 5.69 Å². The molecule has 1 fully saturated rings. The molecule has 1 saturated heterocycles. The van der Waals surface area contributed by atoms with Crippen LogP contribution in [0.5, 0.6) is 0 Å². The second-order valence-electron chi connectivity index (χ2n) is 5.57. The Balaban J connectivity index is 1.82. The van der Waals surface area contributed by atoms with Gasteiger partial charge in [-0.1, -0.05) is 19.1 Å². The van der Waals surface area contributed by atoms with Crippen LogP contribution in [0.1, 0.15) is 44.1 Å². The third-order valence-corrected chi connectivity index (χ3v) is 3.90. The molecule has 0 aromatic heterocycles. The Morgan fingerprint density at radius 3 is 2.58 bits per heavy atom. The van der Waals surface area contributed by atoms with E-state index in [2.05, 4.69) is 6.92 Å². The Labute approximate surface area is 115 Å². The van der Waals surface area contributed by atoms with Crippen molar-refractivity contribution in [2.45, 2.75) is 38.5 Å². The summed E-state index contributed by atoms with van der Waals surface area (Å²) >= 11 is 0. The zero-order valence-electron chi connectivity index (χ0n) is 11.6. The van der Waals surface area contributed by atoms with Crippen LogP contribution in [-0.4, -0.2) is 19.0 Å². The van der Waals surface area contributed by atoms with Crippen LogP contribution < -0.4 is 5.73 Å². The van der Waals surface area contributed by atoms with Gasteiger partial charge in [0.2, 0.25) is 0 Å². The molecule has 1 unspecified atom stereocenters. The second-order valence-corrected chi connectivity index (χ2v) is 5.57. The summed E-state index contributed by atoms with van der Waals surface area (Å²) < 4.78 is 5.32. The molecule has 104 valence electrons. The maximum atomic E-state index is 12.1. The molecule has 1 aliphatic rings. The molecular formula is C16H23NO2. The van der Waals surface area contributed by atoms with E-state index in [0.717, 1.165) is 31.7 Å². The molecular weight excluding hydrogens is 238 g/mol. The van der Waals surface area contributed by atoms with E-state index >= 15 is 0 Å². The predicted octanol–water partition coefficient (Wildman–Crippen LogP) is 3.15. The van der Waals surface area contributed by atoms with Crippen molar-refractivity contribution >= 4 is 11.5 Å². The number of hydrogen-bond acceptors (Lipinski definition) is 3. The van der Waals surface area contributed by atoms with Gasteiger partial charge >= 0.3 is 0 Å². The maximum absolute atomic E-state index is 12.1. The van der Waals surface area contributed by atoms with Gasteiger partial charge in [-0.25, -0.2) is 0 Å². The predicted molar refractivity (Wildman–Crippen MR) is 77.1 cm³/mol. The van der Waals surface area contributed by atoms with Gasteiger partial charge in [0.15, 0.2) is 0 Å². The number of anilines is 1. The lowest BCUT2D eigenvalue weighted by molar-refractivity contribution is -0.120. The summed E-state index contributed by atoms with van der Waals surface area (Å²) in [5, 5.41) is 0. The van der Waals surface area contributed by atoms with Gasteiger partial charge in [-0.15, -0.1) is 0 Å². The number of ketones is 1. The molecule has 1 aromatic carbocycles. The van der Waals surface area contributed by atoms with Crippen molar-refractivity contribution in [3.05, 3.63) is 29.8 Å². The molecule has 0 amide bonds. The molecule has 19 heavy (non-hydrogen) atoms. The Morgan fingerprint density at radius 1 is 1.32 bits per heavy atom. The summed E-state index contributed by atoms with van der Waals surface area (Å²) in [6.07, 6.45) is 3.40. The summed E-state index contributed by atoms with van der Waals surface area (Å²) in [5.41, 5.74) is 7.63. The zero-order chi connectivity index (χ0) is 13.7. The van der Waals surface area contributed by atoms with Gasteiger partial charge in [0, 0.05) is 31.7 Å². The number of nitrogens with two attached hydrogens (primary N) is 1. The molecule has 1 atom stereocenters. The Morgan fingerprint density at radius 2 is 1.95 bits per heavy atom. The summed E-state index contributed by atoms with van der Waals surface area (Å²) in [6, 6.07) is 7.83. The van der Waals surface area contributed by atoms with E-state index in [-0.39, 0.29) is 5.92 Å². The number of rotatable bonds is 5. The van der Waals surface area contributed by atoms with E-state index < -0.39 is 0 Å². The molecule has 3 nitrogen and oxygen atoms in total. The minimum absolute atomic E-state index is 0.271. The molecule has 2 N–H and O–H groups in total. The first-order chi connectivity index (χ1) is 9.15. The van der Waals surface area contributed by atoms with Gasteiger partial charge in [0.25, 0.3) is 0 Å². The standard InChI is InChI=1S/C16H23NO2/c1-12(14-2-4-15(17)5-3-14)10-16(18)11-13-6-8-19-9-7-13/h2-5,12-13H,6-11,17H2,1H3. The molecule has 3 heteroatoms. The summed E-state index contributed by atoms with van der Waals surface area (Å²) in [6.45, 7) is 3.73. The summed E-state index contributed by atoms with van der Waals surface area (Å²) in [7, 11) is 0. The molecule has 1 heterocycles. The van der Waals surface area contributed by atoms with Crippen molar-refractivity contribution in [3.8, 4) is 0 Å². The highest BCUT2D eigenvalue weighted by Gasteiger charge is 2.19. The van der Waals surface area contributed by atoms with Crippen molar-refractivity contribution < 1.29 is 9.53 Å². The number of benzene rings is 1. The van der Waals surface area contributed by atoms with Crippen molar-refractivity contribution in [3.63, 3.8) is 0 Å². The fourth-order valence-electron chi connectivity index (χ4n) is 2.64. The van der Waals surface area contributed by atoms with E-state index in [1.165, 1.54) is 5.56 Å². The van der Waals surface area contributed by atoms with E-state index in [9.17, 15) is 4.79 Å². The molecule has 0 radical (unpaired) electrons. The van der Waals surface area contributed by atoms with Crippen molar-refractivity contribution in [1.82, 2.24) is 0 Å². The maximum Gasteiger partial charge on any atom is 0.133 e. The van der Waals surface area contributed by atoms with Gasteiger partial charge in [0.05, 0.1) is 0 Å². The van der Waals surface area contributed by atoms with E-state index in [1.807, 2.05) is 24.3 Å². The second kappa shape index (κ2) is 6.71. The fraction of sp³-hybridized carbons (Fsp3) is 0.562. The Hall–Kier alpha value is -1.35. The van der Waals surface area contributed by atoms with Crippen LogP contribution in [0.2, 0.25) is 0 Å². The third kappa shape index (κ3) is 4.35. The quantitative estimate of drug-likeness (QED) is 0.828. The topological polar surface area (TPSA) is 52.3 Å². The molecule has 0 saturated carbocycles. The number of ether oxygens (including phenoxy) is 1. The molecule has 0 bridgehead atoms. The Kier molecular flexibility index (Phi) is 4.97. The molecule has 0 spiro atoms. The molecule has 1 aromatic rings. The van der Waals surface area contributed by atoms with Crippen LogP contribution in [0.25, 0.3) is 0 Å². The lowest BCUT2D eigenvalue weighted by Gasteiger charge is -2.22. The molecule has 1 aliphatic heterocycles. The minimum Gasteiger partial charge on any atom is -0.399 e. The van der Waals surface area contributed by atoms with Crippen molar-refractivity contribution in [2.24, 2.45) is 5.92 Å². The first-order valence-electron chi connectivity index (χ1n) is 7.10. The number of carbonyl (C=O) groups excluding carboxylic acids is 1. The highest BCUT2D eigenvalue weighted by atomic mass is 16.5. The van der Waals surface area contributed by atoms with Crippen LogP contribution >= 0.6 is 0 Å². The third-order valence-electron chi connectivity index (χ3n) is 3.90. The number of carbonyl (C=O) groups is 1. The van der Waals surface area contributed by atoms with Crippen molar-refractivity contribution in [2.75, 3.05) is 18.9 Å². The average molecular weight is 261 g/mol. The lowest BCUT2D eigenvalue weighted by atomic mass is 9.89. The lowest BCUT2D eigenvalue weighted by Crippen LogP contribution is -2.19. The van der Waals surface area contributed by atoms with Crippen LogP contribution in [-0.2, 0) is 9.53 Å². The first kappa shape index (κ1) is 14.1. The zero-order valence-corrected chi connectivity index (χ0v) is 11.6. The van der Waals surface area contributed by atoms with Gasteiger partial charge < -0.3 is 10.5 Å². The van der Waals surface area contributed by atoms with Gasteiger partial charge in [-0.3, -0.25) is 4.79 Å². The van der Waals surface area contributed by atoms with E-state index in [0.29, 0.717) is 24.5 Å². The Bertz CT molecular complexity index is 407. The summed E-state index contributed by atoms with van der Waals surface area (Å²) in [4.78, 5) is 12.1. The minimum atomic E-state index is 0.271. The average Bonchev–Trinajstić information content (AvgIpc) is 2.40. The van der Waals surface area contributed by atoms with E-state index in [1.54, 1.807) is 0 Å². The van der Waals surface area contributed by atoms with Gasteiger partial charge in [-0.05, 0) is 42.4 Å². The van der Waals surface area contributed by atoms with E-state index in [4.69, 9.17) is 10.5 Å².